The standard InChI is InChI=1S/C11H12N2O3/c1-8-3-4-10(7-12)11(13-8)16-6-5-15-9(2)14/h3-4H,5-6H2,1-2H3. The Kier molecular flexibility index (Phi) is 4.28. The maximum Gasteiger partial charge on any atom is 0.302 e. The van der Waals surface area contributed by atoms with Crippen LogP contribution in [0.2, 0.25) is 0 Å². The lowest BCUT2D eigenvalue weighted by Gasteiger charge is -2.07. The van der Waals surface area contributed by atoms with Crippen molar-refractivity contribution in [3.63, 3.8) is 0 Å². The molecule has 0 saturated heterocycles. The van der Waals surface area contributed by atoms with E-state index in [2.05, 4.69) is 4.98 Å². The Balaban J connectivity index is 2.56. The summed E-state index contributed by atoms with van der Waals surface area (Å²) in [6, 6.07) is 5.35. The highest BCUT2D eigenvalue weighted by Gasteiger charge is 2.05. The smallest absolute Gasteiger partial charge is 0.302 e. The maximum atomic E-state index is 10.5. The van der Waals surface area contributed by atoms with Crippen molar-refractivity contribution in [1.29, 1.82) is 5.26 Å². The van der Waals surface area contributed by atoms with Crippen LogP contribution < -0.4 is 4.74 Å². The average molecular weight is 220 g/mol. The normalized spacial score (nSPS) is 9.31. The molecule has 1 aromatic rings. The van der Waals surface area contributed by atoms with Crippen LogP contribution in [0, 0.1) is 18.3 Å². The van der Waals surface area contributed by atoms with E-state index in [0.29, 0.717) is 5.56 Å². The van der Waals surface area contributed by atoms with Gasteiger partial charge in [-0.25, -0.2) is 4.98 Å². The van der Waals surface area contributed by atoms with Crippen LogP contribution in [0.4, 0.5) is 0 Å². The van der Waals surface area contributed by atoms with Crippen molar-refractivity contribution < 1.29 is 14.3 Å². The third-order valence-corrected chi connectivity index (χ3v) is 1.75. The fourth-order valence-corrected chi connectivity index (χ4v) is 1.05. The fourth-order valence-electron chi connectivity index (χ4n) is 1.05. The molecule has 0 unspecified atom stereocenters. The van der Waals surface area contributed by atoms with Gasteiger partial charge in [0.15, 0.2) is 0 Å². The van der Waals surface area contributed by atoms with E-state index in [9.17, 15) is 4.79 Å². The molecule has 1 rings (SSSR count). The third-order valence-electron chi connectivity index (χ3n) is 1.75. The van der Waals surface area contributed by atoms with Crippen LogP contribution in [0.5, 0.6) is 5.88 Å². The molecule has 0 atom stereocenters. The first kappa shape index (κ1) is 12.0. The number of carbonyl (C=O) groups excluding carboxylic acids is 1. The lowest BCUT2D eigenvalue weighted by molar-refractivity contribution is -0.141. The number of hydrogen-bond donors (Lipinski definition) is 0. The second-order valence-corrected chi connectivity index (χ2v) is 3.11. The Bertz CT molecular complexity index is 424. The molecule has 0 saturated carbocycles. The second kappa shape index (κ2) is 5.71. The van der Waals surface area contributed by atoms with E-state index >= 15 is 0 Å². The minimum atomic E-state index is -0.360. The van der Waals surface area contributed by atoms with Gasteiger partial charge in [-0.15, -0.1) is 0 Å². The number of esters is 1. The maximum absolute atomic E-state index is 10.5. The summed E-state index contributed by atoms with van der Waals surface area (Å²) in [6.07, 6.45) is 0. The van der Waals surface area contributed by atoms with E-state index in [-0.39, 0.29) is 25.1 Å². The largest absolute Gasteiger partial charge is 0.473 e. The summed E-state index contributed by atoms with van der Waals surface area (Å²) >= 11 is 0. The molecule has 0 bridgehead atoms. The molecule has 1 heterocycles. The van der Waals surface area contributed by atoms with Crippen LogP contribution in [0.15, 0.2) is 12.1 Å². The van der Waals surface area contributed by atoms with Gasteiger partial charge in [0.25, 0.3) is 0 Å². The Labute approximate surface area is 93.6 Å². The molecule has 0 aliphatic carbocycles. The van der Waals surface area contributed by atoms with E-state index in [1.165, 1.54) is 6.92 Å². The molecule has 0 aliphatic heterocycles. The van der Waals surface area contributed by atoms with E-state index in [0.717, 1.165) is 5.69 Å². The van der Waals surface area contributed by atoms with E-state index < -0.39 is 0 Å². The first-order valence-electron chi connectivity index (χ1n) is 4.77. The van der Waals surface area contributed by atoms with Gasteiger partial charge in [0.1, 0.15) is 24.8 Å². The van der Waals surface area contributed by atoms with E-state index in [4.69, 9.17) is 14.7 Å². The molecule has 1 aromatic heterocycles. The van der Waals surface area contributed by atoms with Gasteiger partial charge < -0.3 is 9.47 Å². The summed E-state index contributed by atoms with van der Waals surface area (Å²) in [4.78, 5) is 14.6. The Morgan fingerprint density at radius 2 is 2.25 bits per heavy atom. The van der Waals surface area contributed by atoms with Crippen LogP contribution >= 0.6 is 0 Å². The zero-order valence-electron chi connectivity index (χ0n) is 9.19. The van der Waals surface area contributed by atoms with Crippen molar-refractivity contribution in [1.82, 2.24) is 4.98 Å². The third kappa shape index (κ3) is 3.58. The molecule has 5 nitrogen and oxygen atoms in total. The SMILES string of the molecule is CC(=O)OCCOc1nc(C)ccc1C#N. The number of rotatable bonds is 4. The van der Waals surface area contributed by atoms with Crippen LogP contribution in [-0.4, -0.2) is 24.2 Å². The molecular weight excluding hydrogens is 208 g/mol. The Morgan fingerprint density at radius 3 is 2.88 bits per heavy atom. The van der Waals surface area contributed by atoms with Gasteiger partial charge in [0.2, 0.25) is 5.88 Å². The van der Waals surface area contributed by atoms with Crippen molar-refractivity contribution in [2.45, 2.75) is 13.8 Å². The fraction of sp³-hybridized carbons (Fsp3) is 0.364. The molecule has 84 valence electrons. The molecule has 0 radical (unpaired) electrons. The summed E-state index contributed by atoms with van der Waals surface area (Å²) in [6.45, 7) is 3.46. The summed E-state index contributed by atoms with van der Waals surface area (Å²) in [7, 11) is 0. The number of pyridine rings is 1. The quantitative estimate of drug-likeness (QED) is 0.563. The second-order valence-electron chi connectivity index (χ2n) is 3.11. The molecule has 0 aliphatic rings. The van der Waals surface area contributed by atoms with Crippen molar-refractivity contribution in [3.05, 3.63) is 23.4 Å². The highest BCUT2D eigenvalue weighted by atomic mass is 16.6. The van der Waals surface area contributed by atoms with Crippen molar-refractivity contribution in [2.75, 3.05) is 13.2 Å². The van der Waals surface area contributed by atoms with Crippen LogP contribution in [0.25, 0.3) is 0 Å². The van der Waals surface area contributed by atoms with Crippen LogP contribution in [0.3, 0.4) is 0 Å². The molecule has 0 spiro atoms. The lowest BCUT2D eigenvalue weighted by atomic mass is 10.2. The minimum absolute atomic E-state index is 0.149. The average Bonchev–Trinajstić information content (AvgIpc) is 2.24. The highest BCUT2D eigenvalue weighted by Crippen LogP contribution is 2.14. The molecule has 0 aromatic carbocycles. The number of aryl methyl sites for hydroxylation is 1. The predicted molar refractivity (Wildman–Crippen MR) is 55.8 cm³/mol. The molecule has 16 heavy (non-hydrogen) atoms. The molecule has 5 heteroatoms. The number of carbonyl (C=O) groups is 1. The van der Waals surface area contributed by atoms with Crippen molar-refractivity contribution in [3.8, 4) is 11.9 Å². The Hall–Kier alpha value is -2.09. The van der Waals surface area contributed by atoms with Gasteiger partial charge in [-0.3, -0.25) is 4.79 Å². The van der Waals surface area contributed by atoms with Crippen LogP contribution in [-0.2, 0) is 9.53 Å². The Morgan fingerprint density at radius 1 is 1.50 bits per heavy atom. The number of nitrogens with zero attached hydrogens (tertiary/aromatic N) is 2. The van der Waals surface area contributed by atoms with Gasteiger partial charge in [0.05, 0.1) is 0 Å². The topological polar surface area (TPSA) is 72.2 Å². The zero-order valence-corrected chi connectivity index (χ0v) is 9.19. The predicted octanol–water partition coefficient (Wildman–Crippen LogP) is 1.20. The number of hydrogen-bond acceptors (Lipinski definition) is 5. The van der Waals surface area contributed by atoms with Crippen molar-refractivity contribution >= 4 is 5.97 Å². The molecular formula is C11H12N2O3. The van der Waals surface area contributed by atoms with Gasteiger partial charge in [-0.05, 0) is 19.1 Å². The summed E-state index contributed by atoms with van der Waals surface area (Å²) < 4.78 is 9.94. The van der Waals surface area contributed by atoms with E-state index in [1.807, 2.05) is 6.07 Å². The highest BCUT2D eigenvalue weighted by molar-refractivity contribution is 5.65. The molecule has 0 N–H and O–H groups in total. The number of nitriles is 1. The van der Waals surface area contributed by atoms with Crippen molar-refractivity contribution in [2.24, 2.45) is 0 Å². The molecule has 0 amide bonds. The van der Waals surface area contributed by atoms with Gasteiger partial charge in [-0.2, -0.15) is 5.26 Å². The summed E-state index contributed by atoms with van der Waals surface area (Å²) in [5.41, 5.74) is 1.13. The van der Waals surface area contributed by atoms with Gasteiger partial charge in [0, 0.05) is 12.6 Å². The summed E-state index contributed by atoms with van der Waals surface area (Å²) in [5, 5.41) is 8.80. The number of aromatic nitrogens is 1. The van der Waals surface area contributed by atoms with Gasteiger partial charge >= 0.3 is 5.97 Å². The van der Waals surface area contributed by atoms with Crippen LogP contribution in [0.1, 0.15) is 18.2 Å². The lowest BCUT2D eigenvalue weighted by Crippen LogP contribution is -2.11. The first-order valence-corrected chi connectivity index (χ1v) is 4.77. The van der Waals surface area contributed by atoms with Gasteiger partial charge in [-0.1, -0.05) is 0 Å². The zero-order chi connectivity index (χ0) is 12.0. The summed E-state index contributed by atoms with van der Waals surface area (Å²) in [5.74, 6) is -0.0871. The monoisotopic (exact) mass is 220 g/mol. The minimum Gasteiger partial charge on any atom is -0.473 e. The van der Waals surface area contributed by atoms with E-state index in [1.54, 1.807) is 19.1 Å². The first-order chi connectivity index (χ1) is 7.63. The number of ether oxygens (including phenoxy) is 2. The molecule has 0 fully saturated rings.